The van der Waals surface area contributed by atoms with Crippen molar-refractivity contribution in [3.63, 3.8) is 0 Å². The average Bonchev–Trinajstić information content (AvgIpc) is 2.71. The van der Waals surface area contributed by atoms with Gasteiger partial charge < -0.3 is 14.5 Å². The molecule has 1 saturated carbocycles. The summed E-state index contributed by atoms with van der Waals surface area (Å²) in [6.45, 7) is 13.0. The lowest BCUT2D eigenvalue weighted by Gasteiger charge is -2.40. The summed E-state index contributed by atoms with van der Waals surface area (Å²) < 4.78 is 5.81. The quantitative estimate of drug-likeness (QED) is 0.611. The molecule has 0 unspecified atom stereocenters. The average molecular weight is 402 g/mol. The summed E-state index contributed by atoms with van der Waals surface area (Å²) in [4.78, 5) is 7.45. The Morgan fingerprint density at radius 2 is 1.72 bits per heavy atom. The number of unbranched alkanes of at least 4 members (excludes halogenated alkanes) is 1. The van der Waals surface area contributed by atoms with Gasteiger partial charge in [-0.15, -0.1) is 0 Å². The number of anilines is 2. The van der Waals surface area contributed by atoms with Crippen LogP contribution in [-0.2, 0) is 0 Å². The maximum atomic E-state index is 5.81. The first-order chi connectivity index (χ1) is 13.8. The zero-order chi connectivity index (χ0) is 21.0. The Morgan fingerprint density at radius 1 is 1.07 bits per heavy atom. The minimum absolute atomic E-state index is 0.498. The molecule has 0 radical (unpaired) electrons. The predicted molar refractivity (Wildman–Crippen MR) is 126 cm³/mol. The second-order valence-corrected chi connectivity index (χ2v) is 10.1. The summed E-state index contributed by atoms with van der Waals surface area (Å²) in [6, 6.07) is 4.76. The highest BCUT2D eigenvalue weighted by atomic mass is 16.5. The van der Waals surface area contributed by atoms with E-state index in [1.54, 1.807) is 12.7 Å². The number of nitrogens with zero attached hydrogens (tertiary/aromatic N) is 3. The summed E-state index contributed by atoms with van der Waals surface area (Å²) in [7, 11) is 6.05. The second kappa shape index (κ2) is 9.59. The number of hydrogen-bond donors (Lipinski definition) is 0. The van der Waals surface area contributed by atoms with Crippen molar-refractivity contribution < 1.29 is 4.74 Å². The fourth-order valence-corrected chi connectivity index (χ4v) is 4.99. The lowest BCUT2D eigenvalue weighted by Crippen LogP contribution is -2.47. The molecule has 4 heteroatoms. The summed E-state index contributed by atoms with van der Waals surface area (Å²) >= 11 is 0. The molecule has 4 nitrogen and oxygen atoms in total. The van der Waals surface area contributed by atoms with Crippen LogP contribution in [0, 0.1) is 5.41 Å². The Kier molecular flexibility index (Phi) is 7.37. The van der Waals surface area contributed by atoms with Crippen molar-refractivity contribution in [3.05, 3.63) is 17.7 Å². The van der Waals surface area contributed by atoms with E-state index in [2.05, 4.69) is 61.7 Å². The minimum Gasteiger partial charge on any atom is -0.495 e. The Hall–Kier alpha value is -1.42. The highest BCUT2D eigenvalue weighted by Crippen LogP contribution is 2.47. The van der Waals surface area contributed by atoms with E-state index >= 15 is 0 Å². The molecule has 0 amide bonds. The monoisotopic (exact) mass is 401 g/mol. The molecule has 2 fully saturated rings. The van der Waals surface area contributed by atoms with E-state index in [0.29, 0.717) is 11.3 Å². The molecule has 1 aliphatic heterocycles. The fraction of sp³-hybridized carbons (Fsp3) is 0.760. The number of methoxy groups -OCH3 is 1. The highest BCUT2D eigenvalue weighted by molar-refractivity contribution is 5.70. The number of piperazine rings is 1. The Bertz CT molecular complexity index is 652. The smallest absolute Gasteiger partial charge is 0.144 e. The minimum atomic E-state index is 0.498. The molecule has 0 aromatic heterocycles. The van der Waals surface area contributed by atoms with Crippen LogP contribution in [0.4, 0.5) is 11.4 Å². The molecule has 1 aromatic rings. The number of ether oxygens (including phenoxy) is 1. The van der Waals surface area contributed by atoms with Gasteiger partial charge in [-0.05, 0) is 61.6 Å². The van der Waals surface area contributed by atoms with Crippen LogP contribution in [-0.4, -0.2) is 58.8 Å². The molecule has 3 rings (SSSR count). The highest BCUT2D eigenvalue weighted by Gasteiger charge is 2.31. The molecule has 0 N–H and O–H groups in total. The molecule has 1 aromatic carbocycles. The third-order valence-electron chi connectivity index (χ3n) is 7.13. The molecular formula is C25H43N3O. The van der Waals surface area contributed by atoms with Gasteiger partial charge in [0.1, 0.15) is 5.75 Å². The van der Waals surface area contributed by atoms with Gasteiger partial charge in [0, 0.05) is 52.0 Å². The van der Waals surface area contributed by atoms with Gasteiger partial charge in [-0.2, -0.15) is 0 Å². The second-order valence-electron chi connectivity index (χ2n) is 10.1. The first-order valence-corrected chi connectivity index (χ1v) is 11.7. The molecular weight excluding hydrogens is 358 g/mol. The first-order valence-electron chi connectivity index (χ1n) is 11.7. The Balaban J connectivity index is 1.86. The van der Waals surface area contributed by atoms with Gasteiger partial charge in [-0.25, -0.2) is 0 Å². The number of hydrogen-bond acceptors (Lipinski definition) is 4. The molecule has 1 heterocycles. The van der Waals surface area contributed by atoms with Gasteiger partial charge >= 0.3 is 0 Å². The molecule has 29 heavy (non-hydrogen) atoms. The van der Waals surface area contributed by atoms with E-state index in [4.69, 9.17) is 4.74 Å². The molecule has 0 bridgehead atoms. The van der Waals surface area contributed by atoms with Gasteiger partial charge in [0.25, 0.3) is 0 Å². The third kappa shape index (κ3) is 5.39. The number of benzene rings is 1. The normalized spacial score (nSPS) is 20.7. The lowest BCUT2D eigenvalue weighted by molar-refractivity contribution is 0.224. The molecule has 1 saturated heterocycles. The Labute approximate surface area is 179 Å². The molecule has 1 aliphatic carbocycles. The standard InChI is InChI=1S/C25H43N3O/c1-7-8-13-27-14-16-28(17-15-27)22-19-24(29-6)23(26(4)5)18-21(22)20-9-11-25(2,3)12-10-20/h18-20H,7-17H2,1-6H3. The van der Waals surface area contributed by atoms with Crippen molar-refractivity contribution in [2.45, 2.75) is 65.2 Å². The maximum absolute atomic E-state index is 5.81. The molecule has 0 atom stereocenters. The third-order valence-corrected chi connectivity index (χ3v) is 7.13. The van der Waals surface area contributed by atoms with Crippen LogP contribution in [0.1, 0.15) is 70.8 Å². The zero-order valence-electron chi connectivity index (χ0n) is 19.8. The van der Waals surface area contributed by atoms with Gasteiger partial charge in [0.2, 0.25) is 0 Å². The van der Waals surface area contributed by atoms with Crippen molar-refractivity contribution in [2.24, 2.45) is 5.41 Å². The van der Waals surface area contributed by atoms with Crippen LogP contribution in [0.2, 0.25) is 0 Å². The maximum Gasteiger partial charge on any atom is 0.144 e. The van der Waals surface area contributed by atoms with E-state index in [0.717, 1.165) is 18.8 Å². The van der Waals surface area contributed by atoms with Gasteiger partial charge in [0.15, 0.2) is 0 Å². The van der Waals surface area contributed by atoms with E-state index in [1.165, 1.54) is 69.5 Å². The summed E-state index contributed by atoms with van der Waals surface area (Å²) in [6.07, 6.45) is 7.85. The molecule has 164 valence electrons. The topological polar surface area (TPSA) is 19.0 Å². The van der Waals surface area contributed by atoms with Gasteiger partial charge in [-0.1, -0.05) is 27.2 Å². The van der Waals surface area contributed by atoms with Crippen LogP contribution < -0.4 is 14.5 Å². The van der Waals surface area contributed by atoms with Crippen LogP contribution in [0.25, 0.3) is 0 Å². The molecule has 0 spiro atoms. The van der Waals surface area contributed by atoms with Crippen molar-refractivity contribution in [2.75, 3.05) is 63.7 Å². The largest absolute Gasteiger partial charge is 0.495 e. The van der Waals surface area contributed by atoms with Crippen LogP contribution in [0.15, 0.2) is 12.1 Å². The zero-order valence-corrected chi connectivity index (χ0v) is 19.8. The van der Waals surface area contributed by atoms with Crippen molar-refractivity contribution in [1.29, 1.82) is 0 Å². The van der Waals surface area contributed by atoms with E-state index in [9.17, 15) is 0 Å². The van der Waals surface area contributed by atoms with Gasteiger partial charge in [0.05, 0.1) is 12.8 Å². The van der Waals surface area contributed by atoms with E-state index in [-0.39, 0.29) is 0 Å². The number of rotatable bonds is 7. The first kappa shape index (κ1) is 22.3. The van der Waals surface area contributed by atoms with Crippen LogP contribution >= 0.6 is 0 Å². The van der Waals surface area contributed by atoms with Crippen LogP contribution in [0.5, 0.6) is 5.75 Å². The molecule has 2 aliphatic rings. The Morgan fingerprint density at radius 3 is 2.28 bits per heavy atom. The fourth-order valence-electron chi connectivity index (χ4n) is 4.99. The summed E-state index contributed by atoms with van der Waals surface area (Å²) in [5, 5.41) is 0. The predicted octanol–water partition coefficient (Wildman–Crippen LogP) is 5.37. The van der Waals surface area contributed by atoms with Crippen LogP contribution in [0.3, 0.4) is 0 Å². The van der Waals surface area contributed by atoms with Gasteiger partial charge in [-0.3, -0.25) is 4.90 Å². The van der Waals surface area contributed by atoms with E-state index in [1.807, 2.05) is 0 Å². The SMILES string of the molecule is CCCCN1CCN(c2cc(OC)c(N(C)C)cc2C2CCC(C)(C)CC2)CC1. The lowest BCUT2D eigenvalue weighted by atomic mass is 9.71. The van der Waals surface area contributed by atoms with Crippen molar-refractivity contribution >= 4 is 11.4 Å². The summed E-state index contributed by atoms with van der Waals surface area (Å²) in [5.41, 5.74) is 4.68. The van der Waals surface area contributed by atoms with Crippen molar-refractivity contribution in [1.82, 2.24) is 4.90 Å². The van der Waals surface area contributed by atoms with E-state index < -0.39 is 0 Å². The summed E-state index contributed by atoms with van der Waals surface area (Å²) in [5.74, 6) is 1.67. The van der Waals surface area contributed by atoms with Crippen molar-refractivity contribution in [3.8, 4) is 5.75 Å².